The molecule has 1 aliphatic rings. The fraction of sp³-hybridized carbons (Fsp3) is 0.700. The summed E-state index contributed by atoms with van der Waals surface area (Å²) >= 11 is 0. The number of rotatable bonds is 3. The Morgan fingerprint density at radius 3 is 3.21 bits per heavy atom. The molecule has 1 fully saturated rings. The quantitative estimate of drug-likeness (QED) is 0.792. The zero-order valence-electron chi connectivity index (χ0n) is 8.27. The van der Waals surface area contributed by atoms with E-state index in [4.69, 9.17) is 14.3 Å². The van der Waals surface area contributed by atoms with Crippen LogP contribution in [0.1, 0.15) is 36.8 Å². The molecule has 0 spiro atoms. The van der Waals surface area contributed by atoms with Crippen LogP contribution < -0.4 is 0 Å². The average Bonchev–Trinajstić information content (AvgIpc) is 2.86. The molecule has 1 aliphatic heterocycles. The van der Waals surface area contributed by atoms with E-state index in [9.17, 15) is 0 Å². The second kappa shape index (κ2) is 4.11. The Morgan fingerprint density at radius 1 is 1.71 bits per heavy atom. The number of ether oxygens (including phenoxy) is 1. The maximum Gasteiger partial charge on any atom is 0.199 e. The van der Waals surface area contributed by atoms with Gasteiger partial charge < -0.3 is 14.3 Å². The monoisotopic (exact) mass is 197 g/mol. The summed E-state index contributed by atoms with van der Waals surface area (Å²) in [6.45, 7) is 3.50. The molecule has 4 nitrogen and oxygen atoms in total. The first-order chi connectivity index (χ1) is 6.81. The van der Waals surface area contributed by atoms with Crippen molar-refractivity contribution in [2.24, 2.45) is 0 Å². The second-order valence-electron chi connectivity index (χ2n) is 3.75. The van der Waals surface area contributed by atoms with E-state index in [1.165, 1.54) is 0 Å². The van der Waals surface area contributed by atoms with Gasteiger partial charge in [-0.25, -0.2) is 4.98 Å². The lowest BCUT2D eigenvalue weighted by Gasteiger charge is -2.03. The summed E-state index contributed by atoms with van der Waals surface area (Å²) in [7, 11) is 0. The van der Waals surface area contributed by atoms with Gasteiger partial charge in [0.05, 0.1) is 25.3 Å². The fourth-order valence-corrected chi connectivity index (χ4v) is 1.54. The Bertz CT molecular complexity index is 291. The van der Waals surface area contributed by atoms with E-state index in [1.54, 1.807) is 6.20 Å². The molecule has 4 heteroatoms. The smallest absolute Gasteiger partial charge is 0.199 e. The SMILES string of the molecule is CC(CO)c1cnc(C2CCOC2)o1. The zero-order chi connectivity index (χ0) is 9.97. The van der Waals surface area contributed by atoms with Crippen molar-refractivity contribution < 1.29 is 14.3 Å². The van der Waals surface area contributed by atoms with Crippen molar-refractivity contribution in [1.29, 1.82) is 0 Å². The molecule has 0 bridgehead atoms. The van der Waals surface area contributed by atoms with E-state index in [0.29, 0.717) is 12.5 Å². The van der Waals surface area contributed by atoms with Gasteiger partial charge in [0, 0.05) is 12.5 Å². The van der Waals surface area contributed by atoms with Crippen LogP contribution in [0.5, 0.6) is 0 Å². The molecule has 1 aromatic rings. The van der Waals surface area contributed by atoms with Crippen molar-refractivity contribution in [2.75, 3.05) is 19.8 Å². The summed E-state index contributed by atoms with van der Waals surface area (Å²) in [5.41, 5.74) is 0. The van der Waals surface area contributed by atoms with Gasteiger partial charge in [0.15, 0.2) is 5.89 Å². The Labute approximate surface area is 82.9 Å². The van der Waals surface area contributed by atoms with E-state index in [-0.39, 0.29) is 12.5 Å². The van der Waals surface area contributed by atoms with Crippen LogP contribution in [0.4, 0.5) is 0 Å². The van der Waals surface area contributed by atoms with Crippen molar-refractivity contribution in [3.8, 4) is 0 Å². The predicted molar refractivity (Wildman–Crippen MR) is 50.2 cm³/mol. The number of aromatic nitrogens is 1. The molecule has 0 saturated carbocycles. The lowest BCUT2D eigenvalue weighted by molar-refractivity contribution is 0.190. The molecule has 78 valence electrons. The van der Waals surface area contributed by atoms with Crippen molar-refractivity contribution >= 4 is 0 Å². The van der Waals surface area contributed by atoms with Crippen LogP contribution in [0.3, 0.4) is 0 Å². The highest BCUT2D eigenvalue weighted by Gasteiger charge is 2.23. The van der Waals surface area contributed by atoms with Crippen molar-refractivity contribution in [3.63, 3.8) is 0 Å². The van der Waals surface area contributed by atoms with Crippen LogP contribution in [0, 0.1) is 0 Å². The average molecular weight is 197 g/mol. The van der Waals surface area contributed by atoms with Crippen LogP contribution in [0.15, 0.2) is 10.6 Å². The number of aliphatic hydroxyl groups is 1. The lowest BCUT2D eigenvalue weighted by Crippen LogP contribution is -1.98. The minimum Gasteiger partial charge on any atom is -0.445 e. The van der Waals surface area contributed by atoms with Gasteiger partial charge in [0.25, 0.3) is 0 Å². The van der Waals surface area contributed by atoms with E-state index in [1.807, 2.05) is 6.92 Å². The van der Waals surface area contributed by atoms with Crippen molar-refractivity contribution in [2.45, 2.75) is 25.2 Å². The molecular formula is C10H15NO3. The van der Waals surface area contributed by atoms with Gasteiger partial charge in [-0.15, -0.1) is 0 Å². The van der Waals surface area contributed by atoms with Gasteiger partial charge in [-0.1, -0.05) is 6.92 Å². The number of nitrogens with zero attached hydrogens (tertiary/aromatic N) is 1. The van der Waals surface area contributed by atoms with Crippen LogP contribution in [0.25, 0.3) is 0 Å². The third kappa shape index (κ3) is 1.81. The number of aliphatic hydroxyl groups excluding tert-OH is 1. The Morgan fingerprint density at radius 2 is 2.57 bits per heavy atom. The lowest BCUT2D eigenvalue weighted by atomic mass is 10.1. The topological polar surface area (TPSA) is 55.5 Å². The molecule has 14 heavy (non-hydrogen) atoms. The summed E-state index contributed by atoms with van der Waals surface area (Å²) in [5, 5.41) is 8.95. The van der Waals surface area contributed by atoms with Crippen molar-refractivity contribution in [3.05, 3.63) is 17.8 Å². The van der Waals surface area contributed by atoms with Gasteiger partial charge >= 0.3 is 0 Å². The highest BCUT2D eigenvalue weighted by molar-refractivity contribution is 5.04. The molecule has 1 N–H and O–H groups in total. The minimum atomic E-state index is 0.0265. The summed E-state index contributed by atoms with van der Waals surface area (Å²) < 4.78 is 10.8. The highest BCUT2D eigenvalue weighted by Crippen LogP contribution is 2.26. The predicted octanol–water partition coefficient (Wildman–Crippen LogP) is 1.27. The standard InChI is InChI=1S/C10H15NO3/c1-7(5-12)9-4-11-10(14-9)8-2-3-13-6-8/h4,7-8,12H,2-3,5-6H2,1H3. The van der Waals surface area contributed by atoms with E-state index < -0.39 is 0 Å². The fourth-order valence-electron chi connectivity index (χ4n) is 1.54. The van der Waals surface area contributed by atoms with E-state index in [2.05, 4.69) is 4.98 Å². The van der Waals surface area contributed by atoms with E-state index in [0.717, 1.165) is 24.7 Å². The third-order valence-corrected chi connectivity index (χ3v) is 2.58. The number of oxazole rings is 1. The van der Waals surface area contributed by atoms with Crippen molar-refractivity contribution in [1.82, 2.24) is 4.98 Å². The first-order valence-electron chi connectivity index (χ1n) is 4.95. The van der Waals surface area contributed by atoms with Crippen LogP contribution >= 0.6 is 0 Å². The normalized spacial score (nSPS) is 24.0. The summed E-state index contributed by atoms with van der Waals surface area (Å²) in [6.07, 6.45) is 2.68. The molecule has 2 unspecified atom stereocenters. The molecule has 1 saturated heterocycles. The maximum atomic E-state index is 8.95. The summed E-state index contributed by atoms with van der Waals surface area (Å²) in [5.74, 6) is 1.83. The first kappa shape index (κ1) is 9.68. The molecule has 0 aromatic carbocycles. The largest absolute Gasteiger partial charge is 0.445 e. The summed E-state index contributed by atoms with van der Waals surface area (Å²) in [6, 6.07) is 0. The molecule has 1 aromatic heterocycles. The zero-order valence-corrected chi connectivity index (χ0v) is 8.27. The second-order valence-corrected chi connectivity index (χ2v) is 3.75. The van der Waals surface area contributed by atoms with Gasteiger partial charge in [0.2, 0.25) is 0 Å². The molecule has 2 rings (SSSR count). The number of hydrogen-bond donors (Lipinski definition) is 1. The van der Waals surface area contributed by atoms with Gasteiger partial charge in [0.1, 0.15) is 5.76 Å². The van der Waals surface area contributed by atoms with Crippen LogP contribution in [-0.4, -0.2) is 29.9 Å². The van der Waals surface area contributed by atoms with E-state index >= 15 is 0 Å². The molecule has 2 atom stereocenters. The molecule has 0 amide bonds. The molecular weight excluding hydrogens is 182 g/mol. The minimum absolute atomic E-state index is 0.0265. The van der Waals surface area contributed by atoms with Gasteiger partial charge in [-0.05, 0) is 6.42 Å². The van der Waals surface area contributed by atoms with Gasteiger partial charge in [-0.3, -0.25) is 0 Å². The van der Waals surface area contributed by atoms with Crippen LogP contribution in [0.2, 0.25) is 0 Å². The van der Waals surface area contributed by atoms with Gasteiger partial charge in [-0.2, -0.15) is 0 Å². The molecule has 0 radical (unpaired) electrons. The number of hydrogen-bond acceptors (Lipinski definition) is 4. The van der Waals surface area contributed by atoms with Crippen LogP contribution in [-0.2, 0) is 4.74 Å². The molecule has 0 aliphatic carbocycles. The summed E-state index contributed by atoms with van der Waals surface area (Å²) in [4.78, 5) is 4.21. The Kier molecular flexibility index (Phi) is 2.84. The highest BCUT2D eigenvalue weighted by atomic mass is 16.5. The third-order valence-electron chi connectivity index (χ3n) is 2.58. The molecule has 2 heterocycles. The Hall–Kier alpha value is -0.870. The first-order valence-corrected chi connectivity index (χ1v) is 4.95. The maximum absolute atomic E-state index is 8.95. The Balaban J connectivity index is 2.08.